The van der Waals surface area contributed by atoms with Gasteiger partial charge in [0.15, 0.2) is 0 Å². The van der Waals surface area contributed by atoms with Gasteiger partial charge in [-0.3, -0.25) is 6.08 Å². The quantitative estimate of drug-likeness (QED) is 0.141. The molecule has 0 radical (unpaired) electrons. The zero-order valence-electron chi connectivity index (χ0n) is 27.3. The number of allylic oxidation sites excluding steroid dienone is 4. The molecule has 0 aliphatic heterocycles. The molecule has 10 rings (SSSR count). The molecule has 0 heterocycles. The maximum atomic E-state index is 2.99. The van der Waals surface area contributed by atoms with Crippen LogP contribution >= 0.6 is 0 Å². The predicted octanol–water partition coefficient (Wildman–Crippen LogP) is 6.44. The molecule has 0 N–H and O–H groups in total. The van der Waals surface area contributed by atoms with Crippen LogP contribution in [0.4, 0.5) is 0 Å². The average Bonchev–Trinajstić information content (AvgIpc) is 3.88. The summed E-state index contributed by atoms with van der Waals surface area (Å²) in [6.07, 6.45) is 10.0. The third kappa shape index (κ3) is 6.79. The van der Waals surface area contributed by atoms with Gasteiger partial charge in [0.1, 0.15) is 0 Å². The Morgan fingerprint density at radius 3 is 1.48 bits per heavy atom. The van der Waals surface area contributed by atoms with Crippen molar-refractivity contribution in [3.8, 4) is 0 Å². The number of rotatable bonds is 2. The fourth-order valence-corrected chi connectivity index (χ4v) is 8.06. The van der Waals surface area contributed by atoms with Gasteiger partial charge in [-0.25, -0.2) is 12.2 Å². The fourth-order valence-electron chi connectivity index (χ4n) is 6.99. The number of halogens is 2. The molecule has 0 bridgehead atoms. The summed E-state index contributed by atoms with van der Waals surface area (Å²) in [7, 11) is 0. The van der Waals surface area contributed by atoms with Crippen molar-refractivity contribution in [3.63, 3.8) is 0 Å². The summed E-state index contributed by atoms with van der Waals surface area (Å²) < 4.78 is 1.42. The Labute approximate surface area is 320 Å². The Bertz CT molecular complexity index is 2580. The van der Waals surface area contributed by atoms with Gasteiger partial charge in [-0.1, -0.05) is 77.5 Å². The van der Waals surface area contributed by atoms with E-state index >= 15 is 0 Å². The maximum Gasteiger partial charge on any atom is -0.0255 e. The molecular weight excluding hydrogens is 727 g/mol. The Hall–Kier alpha value is -4.52. The van der Waals surface area contributed by atoms with Crippen molar-refractivity contribution in [1.29, 1.82) is 0 Å². The topological polar surface area (TPSA) is 0 Å². The zero-order valence-corrected chi connectivity index (χ0v) is 31.3. The SMILES string of the molecule is [C-]1=CC=CC1.[Cl-].[Cl-].[Zr+2]=[C](c1cccc2ccccc12)c1cccc2ccccc12.c1ccc2c(c1)[cH-]c1c3ccccc3c3ccccc3c21. The van der Waals surface area contributed by atoms with E-state index < -0.39 is 0 Å². The van der Waals surface area contributed by atoms with Gasteiger partial charge in [0, 0.05) is 0 Å². The van der Waals surface area contributed by atoms with Crippen LogP contribution in [0.15, 0.2) is 182 Å². The van der Waals surface area contributed by atoms with Crippen LogP contribution in [0.1, 0.15) is 17.5 Å². The number of hydrogen-bond acceptors (Lipinski definition) is 0. The Balaban J connectivity index is 0.000000147. The van der Waals surface area contributed by atoms with Crippen LogP contribution in [0, 0.1) is 6.08 Å². The van der Waals surface area contributed by atoms with Crippen LogP contribution in [0.2, 0.25) is 0 Å². The van der Waals surface area contributed by atoms with Crippen LogP contribution in [0.5, 0.6) is 0 Å². The van der Waals surface area contributed by atoms with E-state index in [1.54, 1.807) is 0 Å². The Morgan fingerprint density at radius 2 is 0.940 bits per heavy atom. The first-order valence-corrected chi connectivity index (χ1v) is 17.6. The van der Waals surface area contributed by atoms with Crippen LogP contribution < -0.4 is 24.8 Å². The largest absolute Gasteiger partial charge is 0.126 e. The third-order valence-corrected chi connectivity index (χ3v) is 10.5. The minimum absolute atomic E-state index is 0. The van der Waals surface area contributed by atoms with Crippen molar-refractivity contribution in [3.05, 3.63) is 199 Å². The van der Waals surface area contributed by atoms with Crippen molar-refractivity contribution >= 4 is 67.8 Å². The van der Waals surface area contributed by atoms with Crippen molar-refractivity contribution in [2.24, 2.45) is 0 Å². The second-order valence-corrected chi connectivity index (χ2v) is 13.3. The average molecular weight is 759 g/mol. The third-order valence-electron chi connectivity index (χ3n) is 9.21. The van der Waals surface area contributed by atoms with E-state index in [0.717, 1.165) is 6.42 Å². The van der Waals surface area contributed by atoms with Crippen LogP contribution in [0.3, 0.4) is 0 Å². The summed E-state index contributed by atoms with van der Waals surface area (Å²) in [6.45, 7) is 0. The van der Waals surface area contributed by atoms with Crippen LogP contribution in [0.25, 0.3) is 64.6 Å². The van der Waals surface area contributed by atoms with Crippen molar-refractivity contribution in [2.45, 2.75) is 6.42 Å². The Morgan fingerprint density at radius 1 is 0.480 bits per heavy atom. The van der Waals surface area contributed by atoms with E-state index in [1.165, 1.54) is 103 Å². The maximum absolute atomic E-state index is 2.99. The summed E-state index contributed by atoms with van der Waals surface area (Å²) >= 11 is 1.44. The Kier molecular flexibility index (Phi) is 11.3. The minimum Gasteiger partial charge on any atom is -0.126 e. The van der Waals surface area contributed by atoms with Gasteiger partial charge in [-0.2, -0.15) is 6.08 Å². The molecule has 0 saturated carbocycles. The molecule has 0 nitrogen and oxygen atoms in total. The monoisotopic (exact) mass is 756 g/mol. The molecule has 9 aromatic carbocycles. The van der Waals surface area contributed by atoms with E-state index in [2.05, 4.69) is 176 Å². The number of hydrogen-bond donors (Lipinski definition) is 0. The van der Waals surface area contributed by atoms with Crippen molar-refractivity contribution < 1.29 is 49.0 Å². The molecule has 50 heavy (non-hydrogen) atoms. The molecule has 0 spiro atoms. The van der Waals surface area contributed by atoms with Crippen LogP contribution in [-0.2, 0) is 24.2 Å². The molecule has 0 amide bonds. The van der Waals surface area contributed by atoms with Gasteiger partial charge in [-0.05, 0) is 10.8 Å². The second kappa shape index (κ2) is 16.0. The second-order valence-electron chi connectivity index (χ2n) is 12.0. The standard InChI is InChI=1S/C21H13.C21H14.C5H5.2ClH.Zr/c1-2-8-15-14(7-1)13-20-18-11-4-3-9-16(18)17-10-5-6-12-19(17)21(15)20;1-3-13-20-16(7-1)9-5-11-18(20)15-19-12-6-10-17-8-2-4-14-21(17)19;1-2-4-5-3-1;;;/h1-13H;1-14H;1-3H,4H2;2*1H;/q-1;;-1;;;+2/p-2. The van der Waals surface area contributed by atoms with Gasteiger partial charge in [-0.15, -0.1) is 40.1 Å². The van der Waals surface area contributed by atoms with E-state index in [4.69, 9.17) is 0 Å². The molecule has 1 aliphatic carbocycles. The van der Waals surface area contributed by atoms with Gasteiger partial charge in [0.05, 0.1) is 0 Å². The van der Waals surface area contributed by atoms with E-state index in [1.807, 2.05) is 12.2 Å². The molecule has 240 valence electrons. The first kappa shape index (κ1) is 35.3. The van der Waals surface area contributed by atoms with Gasteiger partial charge >= 0.3 is 145 Å². The van der Waals surface area contributed by atoms with Crippen LogP contribution in [-0.4, -0.2) is 3.21 Å². The summed E-state index contributed by atoms with van der Waals surface area (Å²) in [4.78, 5) is 0. The summed E-state index contributed by atoms with van der Waals surface area (Å²) in [6, 6.07) is 59.0. The molecule has 0 saturated heterocycles. The summed E-state index contributed by atoms with van der Waals surface area (Å²) in [5.41, 5.74) is 2.71. The van der Waals surface area contributed by atoms with Gasteiger partial charge in [0.25, 0.3) is 0 Å². The van der Waals surface area contributed by atoms with E-state index in [0.29, 0.717) is 0 Å². The molecule has 0 unspecified atom stereocenters. The number of benzene rings is 8. The van der Waals surface area contributed by atoms with E-state index in [9.17, 15) is 0 Å². The summed E-state index contributed by atoms with van der Waals surface area (Å²) in [5, 5.41) is 16.1. The smallest absolute Gasteiger partial charge is 0.0255 e. The molecule has 3 heteroatoms. The predicted molar refractivity (Wildman–Crippen MR) is 205 cm³/mol. The van der Waals surface area contributed by atoms with Crippen molar-refractivity contribution in [1.82, 2.24) is 0 Å². The van der Waals surface area contributed by atoms with Gasteiger partial charge < -0.3 is 24.8 Å². The fraction of sp³-hybridized carbons (Fsp3) is 0.0213. The molecule has 0 aromatic heterocycles. The minimum atomic E-state index is 0. The first-order chi connectivity index (χ1) is 23.8. The van der Waals surface area contributed by atoms with Gasteiger partial charge in [0.2, 0.25) is 0 Å². The molecule has 1 aliphatic rings. The first-order valence-electron chi connectivity index (χ1n) is 16.4. The molecular formula is C47H32Cl2Zr-2. The normalized spacial score (nSPS) is 11.6. The molecule has 0 atom stereocenters. The molecule has 9 aromatic rings. The van der Waals surface area contributed by atoms with Crippen molar-refractivity contribution in [2.75, 3.05) is 0 Å². The van der Waals surface area contributed by atoms with E-state index in [-0.39, 0.29) is 24.8 Å². The zero-order chi connectivity index (χ0) is 32.3. The number of fused-ring (bicyclic) bond motifs is 10. The molecule has 0 fully saturated rings. The summed E-state index contributed by atoms with van der Waals surface area (Å²) in [5.74, 6) is 0.